The number of carbonyl (C=O) groups excluding carboxylic acids is 2. The first-order valence-corrected chi connectivity index (χ1v) is 8.79. The predicted molar refractivity (Wildman–Crippen MR) is 99.0 cm³/mol. The number of nitrogens with two attached hydrogens (primary N) is 1. The second-order valence-corrected chi connectivity index (χ2v) is 6.44. The molecule has 0 saturated heterocycles. The molecule has 1 aromatic rings. The van der Waals surface area contributed by atoms with Crippen LogP contribution in [-0.4, -0.2) is 38.7 Å². The molecule has 0 radical (unpaired) electrons. The van der Waals surface area contributed by atoms with Gasteiger partial charge in [0.25, 0.3) is 0 Å². The molecule has 26 heavy (non-hydrogen) atoms. The highest BCUT2D eigenvalue weighted by molar-refractivity contribution is 5.75. The van der Waals surface area contributed by atoms with E-state index in [-0.39, 0.29) is 12.5 Å². The van der Waals surface area contributed by atoms with E-state index in [1.54, 1.807) is 32.4 Å². The monoisotopic (exact) mass is 366 g/mol. The van der Waals surface area contributed by atoms with E-state index < -0.39 is 12.0 Å². The number of ether oxygens (including phenoxy) is 3. The maximum atomic E-state index is 11.9. The summed E-state index contributed by atoms with van der Waals surface area (Å²) in [5, 5.41) is 2.57. The van der Waals surface area contributed by atoms with Crippen molar-refractivity contribution in [1.29, 1.82) is 0 Å². The topological polar surface area (TPSA) is 99.9 Å². The van der Waals surface area contributed by atoms with Gasteiger partial charge in [0.2, 0.25) is 5.91 Å². The maximum absolute atomic E-state index is 11.9. The van der Waals surface area contributed by atoms with Crippen LogP contribution < -0.4 is 20.5 Å². The lowest BCUT2D eigenvalue weighted by Gasteiger charge is -2.15. The first-order chi connectivity index (χ1) is 12.4. The molecule has 7 nitrogen and oxygen atoms in total. The third-order valence-corrected chi connectivity index (χ3v) is 3.75. The Morgan fingerprint density at radius 3 is 2.62 bits per heavy atom. The smallest absolute Gasteiger partial charge is 0.323 e. The fraction of sp³-hybridized carbons (Fsp3) is 0.579. The molecule has 0 heterocycles. The molecule has 7 heteroatoms. The second-order valence-electron chi connectivity index (χ2n) is 6.44. The lowest BCUT2D eigenvalue weighted by atomic mass is 10.1. The number of hydrogen-bond donors (Lipinski definition) is 2. The van der Waals surface area contributed by atoms with Crippen molar-refractivity contribution in [3.63, 3.8) is 0 Å². The molecular weight excluding hydrogens is 336 g/mol. The highest BCUT2D eigenvalue weighted by Gasteiger charge is 2.17. The minimum absolute atomic E-state index is 0.0148. The number of nitrogens with one attached hydrogen (secondary N) is 1. The molecule has 0 fully saturated rings. The van der Waals surface area contributed by atoms with E-state index in [1.165, 1.54) is 0 Å². The van der Waals surface area contributed by atoms with Gasteiger partial charge >= 0.3 is 5.97 Å². The van der Waals surface area contributed by atoms with E-state index in [0.717, 1.165) is 5.56 Å². The average molecular weight is 366 g/mol. The van der Waals surface area contributed by atoms with Crippen molar-refractivity contribution in [2.45, 2.75) is 45.8 Å². The van der Waals surface area contributed by atoms with E-state index in [4.69, 9.17) is 19.9 Å². The van der Waals surface area contributed by atoms with Gasteiger partial charge in [-0.25, -0.2) is 0 Å². The van der Waals surface area contributed by atoms with Crippen molar-refractivity contribution >= 4 is 11.9 Å². The van der Waals surface area contributed by atoms with Gasteiger partial charge in [-0.2, -0.15) is 0 Å². The first-order valence-electron chi connectivity index (χ1n) is 8.79. The number of rotatable bonds is 11. The van der Waals surface area contributed by atoms with Crippen molar-refractivity contribution in [1.82, 2.24) is 5.32 Å². The Morgan fingerprint density at radius 2 is 2.00 bits per heavy atom. The van der Waals surface area contributed by atoms with Gasteiger partial charge in [0.1, 0.15) is 24.1 Å². The molecule has 0 aliphatic carbocycles. The van der Waals surface area contributed by atoms with Crippen LogP contribution in [0.4, 0.5) is 0 Å². The van der Waals surface area contributed by atoms with E-state index >= 15 is 0 Å². The number of esters is 1. The van der Waals surface area contributed by atoms with Gasteiger partial charge in [-0.1, -0.05) is 13.8 Å². The molecule has 0 spiro atoms. The van der Waals surface area contributed by atoms with Crippen molar-refractivity contribution in [2.75, 3.05) is 20.8 Å². The zero-order chi connectivity index (χ0) is 19.5. The summed E-state index contributed by atoms with van der Waals surface area (Å²) in [7, 11) is 3.15. The summed E-state index contributed by atoms with van der Waals surface area (Å²) in [5.74, 6) is 1.09. The molecule has 0 aliphatic rings. The van der Waals surface area contributed by atoms with Crippen LogP contribution in [0.5, 0.6) is 11.5 Å². The van der Waals surface area contributed by atoms with Crippen molar-refractivity contribution < 1.29 is 23.8 Å². The fourth-order valence-electron chi connectivity index (χ4n) is 2.34. The summed E-state index contributed by atoms with van der Waals surface area (Å²) >= 11 is 0. The van der Waals surface area contributed by atoms with Crippen LogP contribution in [0.25, 0.3) is 0 Å². The van der Waals surface area contributed by atoms with Gasteiger partial charge in [0, 0.05) is 25.1 Å². The third-order valence-electron chi connectivity index (χ3n) is 3.75. The molecule has 0 aromatic heterocycles. The van der Waals surface area contributed by atoms with E-state index in [9.17, 15) is 9.59 Å². The van der Waals surface area contributed by atoms with Gasteiger partial charge in [-0.15, -0.1) is 0 Å². The number of amides is 1. The van der Waals surface area contributed by atoms with Crippen LogP contribution in [0.1, 0.15) is 38.7 Å². The predicted octanol–water partition coefficient (Wildman–Crippen LogP) is 2.02. The van der Waals surface area contributed by atoms with Crippen LogP contribution in [0.15, 0.2) is 18.2 Å². The fourth-order valence-corrected chi connectivity index (χ4v) is 2.34. The Kier molecular flexibility index (Phi) is 9.51. The Labute approximate surface area is 155 Å². The van der Waals surface area contributed by atoms with Crippen LogP contribution in [0.2, 0.25) is 0 Å². The van der Waals surface area contributed by atoms with Gasteiger partial charge < -0.3 is 25.3 Å². The third kappa shape index (κ3) is 7.74. The highest BCUT2D eigenvalue weighted by atomic mass is 16.5. The van der Waals surface area contributed by atoms with E-state index in [1.807, 2.05) is 13.8 Å². The number of carbonyl (C=O) groups is 2. The lowest BCUT2D eigenvalue weighted by molar-refractivity contribution is -0.147. The number of benzene rings is 1. The highest BCUT2D eigenvalue weighted by Crippen LogP contribution is 2.25. The molecule has 3 N–H and O–H groups in total. The van der Waals surface area contributed by atoms with Gasteiger partial charge in [0.15, 0.2) is 0 Å². The van der Waals surface area contributed by atoms with Gasteiger partial charge in [0.05, 0.1) is 13.7 Å². The second kappa shape index (κ2) is 11.4. The molecule has 1 aromatic carbocycles. The van der Waals surface area contributed by atoms with E-state index in [0.29, 0.717) is 43.3 Å². The normalized spacial score (nSPS) is 11.8. The lowest BCUT2D eigenvalue weighted by Crippen LogP contribution is -2.33. The Hall–Kier alpha value is -2.28. The standard InChI is InChI=1S/C19H30N2O5/c1-13(2)10-16(20)19(23)26-12-14-7-8-15(11-17(14)24-4)25-9-5-6-18(22)21-3/h7-8,11,13,16H,5-6,9-10,12,20H2,1-4H3,(H,21,22)/t16-/m0/s1. The molecule has 146 valence electrons. The van der Waals surface area contributed by atoms with Crippen LogP contribution in [-0.2, 0) is 20.9 Å². The van der Waals surface area contributed by atoms with Crippen LogP contribution >= 0.6 is 0 Å². The quantitative estimate of drug-likeness (QED) is 0.459. The summed E-state index contributed by atoms with van der Waals surface area (Å²) in [5.41, 5.74) is 6.55. The zero-order valence-electron chi connectivity index (χ0n) is 16.0. The Morgan fingerprint density at radius 1 is 1.27 bits per heavy atom. The molecule has 1 atom stereocenters. The Balaban J connectivity index is 2.54. The zero-order valence-corrected chi connectivity index (χ0v) is 16.0. The molecule has 1 rings (SSSR count). The number of hydrogen-bond acceptors (Lipinski definition) is 6. The maximum Gasteiger partial charge on any atom is 0.323 e. The van der Waals surface area contributed by atoms with Crippen LogP contribution in [0, 0.1) is 5.92 Å². The first kappa shape index (κ1) is 21.8. The van der Waals surface area contributed by atoms with Crippen molar-refractivity contribution in [3.8, 4) is 11.5 Å². The molecular formula is C19H30N2O5. The van der Waals surface area contributed by atoms with Crippen molar-refractivity contribution in [2.24, 2.45) is 11.7 Å². The molecule has 0 saturated carbocycles. The molecule has 1 amide bonds. The minimum Gasteiger partial charge on any atom is -0.496 e. The Bertz CT molecular complexity index is 589. The summed E-state index contributed by atoms with van der Waals surface area (Å²) in [6.07, 6.45) is 1.62. The number of methoxy groups -OCH3 is 1. The SMILES string of the molecule is CNC(=O)CCCOc1ccc(COC(=O)[C@@H](N)CC(C)C)c(OC)c1. The molecule has 0 unspecified atom stereocenters. The summed E-state index contributed by atoms with van der Waals surface area (Å²) in [4.78, 5) is 23.1. The summed E-state index contributed by atoms with van der Waals surface area (Å²) in [6.45, 7) is 4.52. The van der Waals surface area contributed by atoms with Crippen LogP contribution in [0.3, 0.4) is 0 Å². The van der Waals surface area contributed by atoms with Gasteiger partial charge in [-0.05, 0) is 30.9 Å². The minimum atomic E-state index is -0.621. The summed E-state index contributed by atoms with van der Waals surface area (Å²) in [6, 6.07) is 4.68. The summed E-state index contributed by atoms with van der Waals surface area (Å²) < 4.78 is 16.2. The van der Waals surface area contributed by atoms with Gasteiger partial charge in [-0.3, -0.25) is 9.59 Å². The van der Waals surface area contributed by atoms with E-state index in [2.05, 4.69) is 5.32 Å². The molecule has 0 aliphatic heterocycles. The largest absolute Gasteiger partial charge is 0.496 e. The average Bonchev–Trinajstić information content (AvgIpc) is 2.62. The molecule has 0 bridgehead atoms. The van der Waals surface area contributed by atoms with Crippen molar-refractivity contribution in [3.05, 3.63) is 23.8 Å².